The Balaban J connectivity index is 1.48. The number of carbonyl (C=O) groups is 1. The number of nitrogens with zero attached hydrogens (tertiary/aromatic N) is 1. The maximum atomic E-state index is 12.8. The van der Waals surface area contributed by atoms with Crippen LogP contribution in [0.25, 0.3) is 0 Å². The molecule has 0 radical (unpaired) electrons. The number of urea groups is 1. The zero-order valence-corrected chi connectivity index (χ0v) is 16.0. The van der Waals surface area contributed by atoms with E-state index in [1.54, 1.807) is 0 Å². The molecule has 3 aliphatic rings. The Hall–Kier alpha value is -1.99. The monoisotopic (exact) mass is 376 g/mol. The van der Waals surface area contributed by atoms with E-state index < -0.39 is 0 Å². The fourth-order valence-corrected chi connectivity index (χ4v) is 4.26. The summed E-state index contributed by atoms with van der Waals surface area (Å²) in [4.78, 5) is 14.6. The van der Waals surface area contributed by atoms with Gasteiger partial charge in [0.1, 0.15) is 0 Å². The van der Waals surface area contributed by atoms with Gasteiger partial charge in [0.05, 0.1) is 12.2 Å². The summed E-state index contributed by atoms with van der Waals surface area (Å²) < 4.78 is 22.3. The van der Waals surface area contributed by atoms with Crippen LogP contribution in [0.2, 0.25) is 0 Å². The lowest BCUT2D eigenvalue weighted by molar-refractivity contribution is -0.0547. The summed E-state index contributed by atoms with van der Waals surface area (Å²) in [6.45, 7) is 7.47. The lowest BCUT2D eigenvalue weighted by atomic mass is 9.74. The van der Waals surface area contributed by atoms with Crippen LogP contribution in [0.1, 0.15) is 32.3 Å². The van der Waals surface area contributed by atoms with Crippen LogP contribution in [0.5, 0.6) is 11.5 Å². The van der Waals surface area contributed by atoms with Crippen molar-refractivity contribution in [2.75, 3.05) is 39.6 Å². The van der Waals surface area contributed by atoms with Crippen LogP contribution < -0.4 is 14.8 Å². The molecule has 4 rings (SSSR count). The number of hydrogen-bond acceptors (Lipinski definition) is 5. The van der Waals surface area contributed by atoms with E-state index in [1.807, 2.05) is 24.8 Å². The highest BCUT2D eigenvalue weighted by molar-refractivity contribution is 5.74. The van der Waals surface area contributed by atoms with E-state index in [4.69, 9.17) is 18.9 Å². The van der Waals surface area contributed by atoms with Crippen molar-refractivity contribution < 1.29 is 23.7 Å². The van der Waals surface area contributed by atoms with Crippen LogP contribution in [-0.4, -0.2) is 62.8 Å². The van der Waals surface area contributed by atoms with Crippen molar-refractivity contribution in [3.8, 4) is 11.5 Å². The Kier molecular flexibility index (Phi) is 5.14. The largest absolute Gasteiger partial charge is 0.454 e. The Labute approximate surface area is 159 Å². The predicted octanol–water partition coefficient (Wildman–Crippen LogP) is 2.28. The zero-order chi connectivity index (χ0) is 18.9. The molecule has 0 saturated carbocycles. The van der Waals surface area contributed by atoms with Crippen LogP contribution in [0.15, 0.2) is 18.2 Å². The second-order valence-electron chi connectivity index (χ2n) is 7.78. The number of nitrogens with one attached hydrogen (secondary N) is 1. The fourth-order valence-electron chi connectivity index (χ4n) is 4.26. The molecule has 7 heteroatoms. The van der Waals surface area contributed by atoms with Crippen molar-refractivity contribution >= 4 is 6.03 Å². The van der Waals surface area contributed by atoms with Gasteiger partial charge in [-0.1, -0.05) is 6.07 Å². The maximum Gasteiger partial charge on any atom is 0.317 e. The molecule has 27 heavy (non-hydrogen) atoms. The molecule has 3 heterocycles. The van der Waals surface area contributed by atoms with E-state index in [0.717, 1.165) is 24.3 Å². The van der Waals surface area contributed by atoms with Gasteiger partial charge < -0.3 is 29.2 Å². The van der Waals surface area contributed by atoms with Crippen LogP contribution in [0.3, 0.4) is 0 Å². The standard InChI is InChI=1S/C20H28N2O5/c1-14-10-22(11-15(2)27-14)19(23)21-12-20(5-7-24-8-6-20)16-3-4-17-18(9-16)26-13-25-17/h3-4,9,14-15H,5-8,10-13H2,1-2H3,(H,21,23). The molecule has 0 aromatic heterocycles. The molecular weight excluding hydrogens is 348 g/mol. The van der Waals surface area contributed by atoms with Crippen molar-refractivity contribution in [3.63, 3.8) is 0 Å². The van der Waals surface area contributed by atoms with E-state index in [9.17, 15) is 4.79 Å². The quantitative estimate of drug-likeness (QED) is 0.877. The van der Waals surface area contributed by atoms with Crippen LogP contribution in [0, 0.1) is 0 Å². The normalized spacial score (nSPS) is 26.7. The lowest BCUT2D eigenvalue weighted by Gasteiger charge is -2.40. The van der Waals surface area contributed by atoms with Gasteiger partial charge >= 0.3 is 6.03 Å². The Morgan fingerprint density at radius 1 is 1.15 bits per heavy atom. The molecule has 2 atom stereocenters. The van der Waals surface area contributed by atoms with Crippen molar-refractivity contribution in [1.82, 2.24) is 10.2 Å². The van der Waals surface area contributed by atoms with Gasteiger partial charge in [0.2, 0.25) is 6.79 Å². The smallest absolute Gasteiger partial charge is 0.317 e. The highest BCUT2D eigenvalue weighted by atomic mass is 16.7. The second-order valence-corrected chi connectivity index (χ2v) is 7.78. The van der Waals surface area contributed by atoms with Gasteiger partial charge in [0.25, 0.3) is 0 Å². The summed E-state index contributed by atoms with van der Waals surface area (Å²) in [7, 11) is 0. The van der Waals surface area contributed by atoms with Gasteiger partial charge in [-0.3, -0.25) is 0 Å². The molecule has 0 aliphatic carbocycles. The molecule has 3 aliphatic heterocycles. The number of hydrogen-bond donors (Lipinski definition) is 1. The van der Waals surface area contributed by atoms with Crippen molar-refractivity contribution in [3.05, 3.63) is 23.8 Å². The van der Waals surface area contributed by atoms with Gasteiger partial charge in [-0.25, -0.2) is 4.79 Å². The molecule has 1 N–H and O–H groups in total. The maximum absolute atomic E-state index is 12.8. The summed E-state index contributed by atoms with van der Waals surface area (Å²) in [6.07, 6.45) is 1.85. The highest BCUT2D eigenvalue weighted by Gasteiger charge is 2.37. The fraction of sp³-hybridized carbons (Fsp3) is 0.650. The van der Waals surface area contributed by atoms with E-state index in [0.29, 0.717) is 32.8 Å². The molecule has 2 unspecified atom stereocenters. The second kappa shape index (κ2) is 7.56. The van der Waals surface area contributed by atoms with Crippen LogP contribution in [0.4, 0.5) is 4.79 Å². The SMILES string of the molecule is CC1CN(C(=O)NCC2(c3ccc4c(c3)OCO4)CCOCC2)CC(C)O1. The molecule has 7 nitrogen and oxygen atoms in total. The summed E-state index contributed by atoms with van der Waals surface area (Å²) >= 11 is 0. The Morgan fingerprint density at radius 2 is 1.85 bits per heavy atom. The van der Waals surface area contributed by atoms with Crippen molar-refractivity contribution in [2.45, 2.75) is 44.3 Å². The van der Waals surface area contributed by atoms with Gasteiger partial charge in [-0.2, -0.15) is 0 Å². The summed E-state index contributed by atoms with van der Waals surface area (Å²) in [5.74, 6) is 1.56. The first-order chi connectivity index (χ1) is 13.1. The predicted molar refractivity (Wildman–Crippen MR) is 99.3 cm³/mol. The molecule has 2 saturated heterocycles. The first-order valence-electron chi connectivity index (χ1n) is 9.72. The molecule has 2 fully saturated rings. The minimum absolute atomic E-state index is 0.0244. The van der Waals surface area contributed by atoms with Gasteiger partial charge in [0, 0.05) is 38.3 Å². The topological polar surface area (TPSA) is 69.3 Å². The number of fused-ring (bicyclic) bond motifs is 1. The summed E-state index contributed by atoms with van der Waals surface area (Å²) in [5.41, 5.74) is 1.01. The highest BCUT2D eigenvalue weighted by Crippen LogP contribution is 2.40. The first-order valence-corrected chi connectivity index (χ1v) is 9.72. The summed E-state index contributed by atoms with van der Waals surface area (Å²) in [6, 6.07) is 6.08. The van der Waals surface area contributed by atoms with Gasteiger partial charge in [-0.05, 0) is 44.4 Å². The van der Waals surface area contributed by atoms with Gasteiger partial charge in [0.15, 0.2) is 11.5 Å². The van der Waals surface area contributed by atoms with Crippen molar-refractivity contribution in [2.24, 2.45) is 0 Å². The third-order valence-electron chi connectivity index (χ3n) is 5.72. The number of morpholine rings is 1. The van der Waals surface area contributed by atoms with Crippen molar-refractivity contribution in [1.29, 1.82) is 0 Å². The number of carbonyl (C=O) groups excluding carboxylic acids is 1. The molecular formula is C20H28N2O5. The Bertz CT molecular complexity index is 679. The minimum atomic E-state index is -0.154. The number of rotatable bonds is 3. The van der Waals surface area contributed by atoms with E-state index in [1.165, 1.54) is 5.56 Å². The third-order valence-corrected chi connectivity index (χ3v) is 5.72. The third kappa shape index (κ3) is 3.84. The van der Waals surface area contributed by atoms with Crippen LogP contribution >= 0.6 is 0 Å². The van der Waals surface area contributed by atoms with E-state index >= 15 is 0 Å². The average Bonchev–Trinajstić information content (AvgIpc) is 3.14. The minimum Gasteiger partial charge on any atom is -0.454 e. The number of ether oxygens (including phenoxy) is 4. The molecule has 2 amide bonds. The molecule has 1 aromatic rings. The molecule has 1 aromatic carbocycles. The first kappa shape index (κ1) is 18.4. The average molecular weight is 376 g/mol. The van der Waals surface area contributed by atoms with Gasteiger partial charge in [-0.15, -0.1) is 0 Å². The Morgan fingerprint density at radius 3 is 2.59 bits per heavy atom. The molecule has 148 valence electrons. The van der Waals surface area contributed by atoms with E-state index in [2.05, 4.69) is 17.4 Å². The van der Waals surface area contributed by atoms with E-state index in [-0.39, 0.29) is 30.4 Å². The summed E-state index contributed by atoms with van der Waals surface area (Å²) in [5, 5.41) is 3.17. The van der Waals surface area contributed by atoms with Crippen LogP contribution in [-0.2, 0) is 14.9 Å². The molecule has 0 bridgehead atoms. The number of benzene rings is 1. The zero-order valence-electron chi connectivity index (χ0n) is 16.0. The number of amides is 2. The lowest BCUT2D eigenvalue weighted by Crippen LogP contribution is -2.54. The molecule has 0 spiro atoms.